The second kappa shape index (κ2) is 7.44. The largest absolute Gasteiger partial charge is 0.328 e. The molecule has 0 atom stereocenters. The molecule has 0 saturated carbocycles. The van der Waals surface area contributed by atoms with Crippen LogP contribution in [0.15, 0.2) is 57.4 Å². The maximum Gasteiger partial charge on any atom is 0.328 e. The highest BCUT2D eigenvalue weighted by Crippen LogP contribution is 2.25. The van der Waals surface area contributed by atoms with Crippen molar-refractivity contribution in [2.45, 2.75) is 13.5 Å². The number of H-pyrrole nitrogens is 1. The van der Waals surface area contributed by atoms with Crippen LogP contribution in [0, 0.1) is 5.82 Å². The van der Waals surface area contributed by atoms with E-state index in [2.05, 4.69) is 15.3 Å². The van der Waals surface area contributed by atoms with Gasteiger partial charge in [0, 0.05) is 23.1 Å². The smallest absolute Gasteiger partial charge is 0.307 e. The molecule has 0 spiro atoms. The van der Waals surface area contributed by atoms with E-state index >= 15 is 0 Å². The fraction of sp³-hybridized carbons (Fsp3) is 0.100. The summed E-state index contributed by atoms with van der Waals surface area (Å²) in [5.74, 6) is -0.759. The van der Waals surface area contributed by atoms with Crippen molar-refractivity contribution >= 4 is 33.3 Å². The van der Waals surface area contributed by atoms with E-state index in [0.717, 1.165) is 10.1 Å². The lowest BCUT2D eigenvalue weighted by Gasteiger charge is -2.06. The van der Waals surface area contributed by atoms with Crippen molar-refractivity contribution in [1.29, 1.82) is 0 Å². The van der Waals surface area contributed by atoms with E-state index in [0.29, 0.717) is 21.7 Å². The number of rotatable bonds is 4. The van der Waals surface area contributed by atoms with Gasteiger partial charge < -0.3 is 4.98 Å². The predicted octanol–water partition coefficient (Wildman–Crippen LogP) is 3.22. The number of nitrogens with zero attached hydrogens (tertiary/aromatic N) is 2. The number of anilines is 1. The number of hydrogen-bond donors (Lipinski definition) is 2. The van der Waals surface area contributed by atoms with Gasteiger partial charge in [-0.3, -0.25) is 19.5 Å². The SMILES string of the molecule is CCn1c(=O)[nH]c2cc(C(=O)Nc3nc(-c4ccc(F)cc4)cs3)ccc2c1=O. The Morgan fingerprint density at radius 2 is 1.97 bits per heavy atom. The van der Waals surface area contributed by atoms with Crippen LogP contribution >= 0.6 is 11.3 Å². The molecular formula is C20H15FN4O3S. The highest BCUT2D eigenvalue weighted by molar-refractivity contribution is 7.14. The Hall–Kier alpha value is -3.59. The number of aromatic amines is 1. The molecule has 4 rings (SSSR count). The number of fused-ring (bicyclic) bond motifs is 1. The van der Waals surface area contributed by atoms with Crippen LogP contribution in [0.1, 0.15) is 17.3 Å². The van der Waals surface area contributed by atoms with Gasteiger partial charge in [0.05, 0.1) is 16.6 Å². The standard InChI is InChI=1S/C20H15FN4O3S/c1-2-25-18(27)14-8-5-12(9-15(14)23-20(25)28)17(26)24-19-22-16(10-29-19)11-3-6-13(21)7-4-11/h3-10H,2H2,1H3,(H,23,28)(H,22,24,26). The number of nitrogens with one attached hydrogen (secondary N) is 2. The first kappa shape index (κ1) is 18.8. The van der Waals surface area contributed by atoms with Gasteiger partial charge in [-0.2, -0.15) is 0 Å². The lowest BCUT2D eigenvalue weighted by atomic mass is 10.1. The molecule has 9 heteroatoms. The van der Waals surface area contributed by atoms with Gasteiger partial charge in [0.1, 0.15) is 5.82 Å². The van der Waals surface area contributed by atoms with E-state index in [4.69, 9.17) is 0 Å². The first-order chi connectivity index (χ1) is 14.0. The molecule has 0 aliphatic heterocycles. The van der Waals surface area contributed by atoms with E-state index in [1.54, 1.807) is 24.4 Å². The molecule has 0 saturated heterocycles. The number of benzene rings is 2. The maximum atomic E-state index is 13.1. The second-order valence-electron chi connectivity index (χ2n) is 6.24. The number of thiazole rings is 1. The van der Waals surface area contributed by atoms with Crippen molar-refractivity contribution in [2.24, 2.45) is 0 Å². The quantitative estimate of drug-likeness (QED) is 0.540. The number of carbonyl (C=O) groups excluding carboxylic acids is 1. The van der Waals surface area contributed by atoms with Gasteiger partial charge in [-0.1, -0.05) is 0 Å². The Balaban J connectivity index is 1.60. The second-order valence-corrected chi connectivity index (χ2v) is 7.10. The fourth-order valence-electron chi connectivity index (χ4n) is 2.94. The summed E-state index contributed by atoms with van der Waals surface area (Å²) < 4.78 is 14.1. The molecule has 4 aromatic rings. The Bertz CT molecular complexity index is 1340. The molecule has 2 N–H and O–H groups in total. The molecule has 7 nitrogen and oxygen atoms in total. The van der Waals surface area contributed by atoms with Gasteiger partial charge in [0.15, 0.2) is 5.13 Å². The van der Waals surface area contributed by atoms with Crippen molar-refractivity contribution in [3.05, 3.63) is 80.1 Å². The van der Waals surface area contributed by atoms with Crippen LogP contribution in [0.2, 0.25) is 0 Å². The van der Waals surface area contributed by atoms with Gasteiger partial charge in [-0.05, 0) is 49.4 Å². The van der Waals surface area contributed by atoms with Crippen LogP contribution in [-0.4, -0.2) is 20.4 Å². The van der Waals surface area contributed by atoms with E-state index in [9.17, 15) is 18.8 Å². The van der Waals surface area contributed by atoms with Crippen LogP contribution in [-0.2, 0) is 6.54 Å². The minimum atomic E-state index is -0.522. The van der Waals surface area contributed by atoms with Gasteiger partial charge in [-0.25, -0.2) is 14.2 Å². The Morgan fingerprint density at radius 1 is 1.21 bits per heavy atom. The summed E-state index contributed by atoms with van der Waals surface area (Å²) in [6.45, 7) is 1.96. The number of hydrogen-bond acceptors (Lipinski definition) is 5. The van der Waals surface area contributed by atoms with Crippen molar-refractivity contribution in [2.75, 3.05) is 5.32 Å². The summed E-state index contributed by atoms with van der Waals surface area (Å²) in [6.07, 6.45) is 0. The van der Waals surface area contributed by atoms with E-state index in [1.165, 1.54) is 41.7 Å². The van der Waals surface area contributed by atoms with Crippen molar-refractivity contribution in [3.8, 4) is 11.3 Å². The monoisotopic (exact) mass is 410 g/mol. The van der Waals surface area contributed by atoms with E-state index in [-0.39, 0.29) is 17.9 Å². The molecule has 0 aliphatic carbocycles. The molecule has 2 heterocycles. The van der Waals surface area contributed by atoms with Gasteiger partial charge in [0.2, 0.25) is 0 Å². The summed E-state index contributed by atoms with van der Waals surface area (Å²) in [7, 11) is 0. The molecule has 146 valence electrons. The predicted molar refractivity (Wildman–Crippen MR) is 110 cm³/mol. The highest BCUT2D eigenvalue weighted by atomic mass is 32.1. The van der Waals surface area contributed by atoms with Gasteiger partial charge >= 0.3 is 5.69 Å². The zero-order valence-corrected chi connectivity index (χ0v) is 16.0. The van der Waals surface area contributed by atoms with Crippen molar-refractivity contribution in [3.63, 3.8) is 0 Å². The van der Waals surface area contributed by atoms with Crippen LogP contribution in [0.25, 0.3) is 22.2 Å². The first-order valence-electron chi connectivity index (χ1n) is 8.76. The van der Waals surface area contributed by atoms with Crippen LogP contribution in [0.3, 0.4) is 0 Å². The maximum absolute atomic E-state index is 13.1. The minimum Gasteiger partial charge on any atom is -0.307 e. The molecule has 1 amide bonds. The summed E-state index contributed by atoms with van der Waals surface area (Å²) >= 11 is 1.24. The van der Waals surface area contributed by atoms with Crippen molar-refractivity contribution < 1.29 is 9.18 Å². The number of carbonyl (C=O) groups is 1. The fourth-order valence-corrected chi connectivity index (χ4v) is 3.65. The summed E-state index contributed by atoms with van der Waals surface area (Å²) in [6, 6.07) is 10.4. The molecule has 29 heavy (non-hydrogen) atoms. The van der Waals surface area contributed by atoms with Crippen LogP contribution < -0.4 is 16.6 Å². The number of amides is 1. The lowest BCUT2D eigenvalue weighted by molar-refractivity contribution is 0.102. The van der Waals surface area contributed by atoms with Gasteiger partial charge in [-0.15, -0.1) is 11.3 Å². The lowest BCUT2D eigenvalue weighted by Crippen LogP contribution is -2.34. The molecule has 0 fully saturated rings. The molecule has 0 unspecified atom stereocenters. The van der Waals surface area contributed by atoms with Crippen molar-refractivity contribution in [1.82, 2.24) is 14.5 Å². The van der Waals surface area contributed by atoms with E-state index < -0.39 is 17.2 Å². The average molecular weight is 410 g/mol. The first-order valence-corrected chi connectivity index (χ1v) is 9.64. The zero-order valence-electron chi connectivity index (χ0n) is 15.2. The summed E-state index contributed by atoms with van der Waals surface area (Å²) in [5.41, 5.74) is 1.00. The molecule has 0 aliphatic rings. The Morgan fingerprint density at radius 3 is 2.69 bits per heavy atom. The minimum absolute atomic E-state index is 0.257. The Labute approximate surface area is 167 Å². The van der Waals surface area contributed by atoms with Gasteiger partial charge in [0.25, 0.3) is 11.5 Å². The third-order valence-electron chi connectivity index (χ3n) is 4.42. The third kappa shape index (κ3) is 3.59. The number of aromatic nitrogens is 3. The highest BCUT2D eigenvalue weighted by Gasteiger charge is 2.13. The third-order valence-corrected chi connectivity index (χ3v) is 5.18. The van der Waals surface area contributed by atoms with E-state index in [1.807, 2.05) is 0 Å². The topological polar surface area (TPSA) is 96.8 Å². The molecule has 0 radical (unpaired) electrons. The normalized spacial score (nSPS) is 11.0. The molecule has 0 bridgehead atoms. The van der Waals surface area contributed by atoms with Crippen LogP contribution in [0.4, 0.5) is 9.52 Å². The number of halogens is 1. The zero-order chi connectivity index (χ0) is 20.5. The summed E-state index contributed by atoms with van der Waals surface area (Å²) in [5, 5.41) is 5.16. The molecular weight excluding hydrogens is 395 g/mol. The summed E-state index contributed by atoms with van der Waals surface area (Å²) in [4.78, 5) is 43.8. The average Bonchev–Trinajstić information content (AvgIpc) is 3.16. The molecule has 2 aromatic heterocycles. The Kier molecular flexibility index (Phi) is 4.81. The van der Waals surface area contributed by atoms with Crippen LogP contribution in [0.5, 0.6) is 0 Å². The molecule has 2 aromatic carbocycles.